The molecular weight excluding hydrogens is 323 g/mol. The van der Waals surface area contributed by atoms with E-state index in [0.29, 0.717) is 16.8 Å². The minimum absolute atomic E-state index is 0.0982. The molecule has 130 valence electrons. The molecule has 1 saturated heterocycles. The van der Waals surface area contributed by atoms with Crippen molar-refractivity contribution >= 4 is 11.7 Å². The number of likely N-dealkylation sites (tertiary alicyclic amines) is 1. The van der Waals surface area contributed by atoms with Crippen molar-refractivity contribution in [2.75, 3.05) is 11.9 Å². The van der Waals surface area contributed by atoms with Crippen LogP contribution in [-0.2, 0) is 4.79 Å². The molecule has 1 aromatic heterocycles. The number of hydrogen-bond acceptors (Lipinski definition) is 5. The molecule has 1 aliphatic rings. The number of carbonyl (C=O) groups excluding carboxylic acids is 1. The average Bonchev–Trinajstić information content (AvgIpc) is 2.50. The van der Waals surface area contributed by atoms with Gasteiger partial charge in [-0.05, 0) is 32.3 Å². The molecule has 0 bridgehead atoms. The minimum Gasteiger partial charge on any atom is -0.363 e. The third-order valence-electron chi connectivity index (χ3n) is 4.27. The van der Waals surface area contributed by atoms with Crippen molar-refractivity contribution in [2.24, 2.45) is 0 Å². The summed E-state index contributed by atoms with van der Waals surface area (Å²) in [6, 6.07) is -0.154. The first-order valence-corrected chi connectivity index (χ1v) is 7.49. The maximum absolute atomic E-state index is 13.0. The quantitative estimate of drug-likeness (QED) is 0.893. The van der Waals surface area contributed by atoms with E-state index in [4.69, 9.17) is 0 Å². The van der Waals surface area contributed by atoms with Crippen LogP contribution in [0.15, 0.2) is 0 Å². The molecule has 24 heavy (non-hydrogen) atoms. The molecular formula is C15H18F3N5O. The Labute approximate surface area is 137 Å². The van der Waals surface area contributed by atoms with E-state index in [1.165, 1.54) is 0 Å². The first-order chi connectivity index (χ1) is 11.1. The number of amides is 1. The number of nitriles is 1. The normalized spacial score (nSPS) is 21.3. The van der Waals surface area contributed by atoms with Crippen LogP contribution >= 0.6 is 0 Å². The Balaban J connectivity index is 2.20. The number of anilines is 1. The van der Waals surface area contributed by atoms with E-state index in [0.717, 1.165) is 11.8 Å². The van der Waals surface area contributed by atoms with Gasteiger partial charge in [-0.3, -0.25) is 4.79 Å². The Kier molecular flexibility index (Phi) is 4.96. The zero-order valence-corrected chi connectivity index (χ0v) is 13.6. The fraction of sp³-hybridized carbons (Fsp3) is 0.600. The van der Waals surface area contributed by atoms with Crippen molar-refractivity contribution < 1.29 is 18.0 Å². The molecule has 1 amide bonds. The molecule has 6 nitrogen and oxygen atoms in total. The van der Waals surface area contributed by atoms with Crippen molar-refractivity contribution in [1.82, 2.24) is 15.1 Å². The number of aromatic nitrogens is 2. The van der Waals surface area contributed by atoms with Gasteiger partial charge in [-0.15, -0.1) is 5.10 Å². The molecule has 1 N–H and O–H groups in total. The van der Waals surface area contributed by atoms with Crippen LogP contribution in [0.25, 0.3) is 0 Å². The number of halogens is 3. The standard InChI is InChI=1S/C15H18F3N5O/c1-8-9(2)21-22-14(12(8)6-19)20-11-4-5-13(15(16,17)18)23(7-11)10(3)24/h11,13H,4-5,7H2,1-3H3,(H,20,22). The molecule has 9 heteroatoms. The third-order valence-corrected chi connectivity index (χ3v) is 4.27. The third kappa shape index (κ3) is 3.58. The summed E-state index contributed by atoms with van der Waals surface area (Å²) in [6.45, 7) is 4.48. The molecule has 2 rings (SSSR count). The largest absolute Gasteiger partial charge is 0.408 e. The van der Waals surface area contributed by atoms with Crippen molar-refractivity contribution in [1.29, 1.82) is 5.26 Å². The van der Waals surface area contributed by atoms with Crippen molar-refractivity contribution in [3.05, 3.63) is 16.8 Å². The molecule has 1 aromatic rings. The number of nitrogens with one attached hydrogen (secondary N) is 1. The highest BCUT2D eigenvalue weighted by Crippen LogP contribution is 2.33. The fourth-order valence-electron chi connectivity index (χ4n) is 2.82. The van der Waals surface area contributed by atoms with E-state index >= 15 is 0 Å². The summed E-state index contributed by atoms with van der Waals surface area (Å²) in [5.41, 5.74) is 1.60. The summed E-state index contributed by atoms with van der Waals surface area (Å²) in [6.07, 6.45) is -4.43. The maximum atomic E-state index is 13.0. The van der Waals surface area contributed by atoms with Gasteiger partial charge >= 0.3 is 6.18 Å². The summed E-state index contributed by atoms with van der Waals surface area (Å²) >= 11 is 0. The van der Waals surface area contributed by atoms with Gasteiger partial charge in [-0.1, -0.05) is 0 Å². The molecule has 2 heterocycles. The van der Waals surface area contributed by atoms with Crippen LogP contribution in [0, 0.1) is 25.2 Å². The number of nitrogens with zero attached hydrogens (tertiary/aromatic N) is 4. The van der Waals surface area contributed by atoms with Crippen LogP contribution in [0.1, 0.15) is 36.6 Å². The number of alkyl halides is 3. The van der Waals surface area contributed by atoms with Gasteiger partial charge in [0.25, 0.3) is 0 Å². The highest BCUT2D eigenvalue weighted by Gasteiger charge is 2.47. The van der Waals surface area contributed by atoms with Crippen LogP contribution in [-0.4, -0.2) is 45.8 Å². The Bertz CT molecular complexity index is 683. The number of carbonyl (C=O) groups is 1. The Morgan fingerprint density at radius 2 is 2.00 bits per heavy atom. The molecule has 2 unspecified atom stereocenters. The molecule has 0 spiro atoms. The summed E-state index contributed by atoms with van der Waals surface area (Å²) in [7, 11) is 0. The number of hydrogen-bond donors (Lipinski definition) is 1. The molecule has 2 atom stereocenters. The van der Waals surface area contributed by atoms with E-state index in [-0.39, 0.29) is 25.2 Å². The smallest absolute Gasteiger partial charge is 0.363 e. The van der Waals surface area contributed by atoms with Gasteiger partial charge in [0.2, 0.25) is 5.91 Å². The number of aryl methyl sites for hydroxylation is 1. The molecule has 1 aliphatic heterocycles. The lowest BCUT2D eigenvalue weighted by molar-refractivity contribution is -0.195. The second-order valence-electron chi connectivity index (χ2n) is 5.89. The van der Waals surface area contributed by atoms with Gasteiger partial charge in [0.05, 0.1) is 5.69 Å². The van der Waals surface area contributed by atoms with Gasteiger partial charge in [-0.2, -0.15) is 23.5 Å². The summed E-state index contributed by atoms with van der Waals surface area (Å²) in [5, 5.41) is 20.1. The first kappa shape index (κ1) is 18.0. The van der Waals surface area contributed by atoms with Crippen molar-refractivity contribution in [2.45, 2.75) is 51.9 Å². The second-order valence-corrected chi connectivity index (χ2v) is 5.89. The topological polar surface area (TPSA) is 81.9 Å². The second kappa shape index (κ2) is 6.63. The molecule has 0 aromatic carbocycles. The van der Waals surface area contributed by atoms with Gasteiger partial charge < -0.3 is 10.2 Å². The van der Waals surface area contributed by atoms with Crippen LogP contribution < -0.4 is 5.32 Å². The number of piperidine rings is 1. The lowest BCUT2D eigenvalue weighted by Crippen LogP contribution is -2.55. The van der Waals surface area contributed by atoms with Crippen LogP contribution in [0.4, 0.5) is 19.0 Å². The number of rotatable bonds is 2. The fourth-order valence-corrected chi connectivity index (χ4v) is 2.82. The first-order valence-electron chi connectivity index (χ1n) is 7.49. The van der Waals surface area contributed by atoms with E-state index < -0.39 is 24.2 Å². The Hall–Kier alpha value is -2.37. The predicted octanol–water partition coefficient (Wildman–Crippen LogP) is 2.32. The highest BCUT2D eigenvalue weighted by molar-refractivity contribution is 5.74. The lowest BCUT2D eigenvalue weighted by atomic mass is 9.97. The van der Waals surface area contributed by atoms with Crippen molar-refractivity contribution in [3.8, 4) is 6.07 Å². The summed E-state index contributed by atoms with van der Waals surface area (Å²) < 4.78 is 39.1. The summed E-state index contributed by atoms with van der Waals surface area (Å²) in [5.74, 6) is -0.393. The molecule has 1 fully saturated rings. The molecule has 0 aliphatic carbocycles. The monoisotopic (exact) mass is 341 g/mol. The Morgan fingerprint density at radius 1 is 1.33 bits per heavy atom. The van der Waals surface area contributed by atoms with Crippen molar-refractivity contribution in [3.63, 3.8) is 0 Å². The van der Waals surface area contributed by atoms with Gasteiger partial charge in [0.1, 0.15) is 17.7 Å². The van der Waals surface area contributed by atoms with Crippen LogP contribution in [0.2, 0.25) is 0 Å². The SMILES string of the molecule is CC(=O)N1CC(Nc2nnc(C)c(C)c2C#N)CCC1C(F)(F)F. The van der Waals surface area contributed by atoms with E-state index in [1.807, 2.05) is 6.07 Å². The van der Waals surface area contributed by atoms with E-state index in [2.05, 4.69) is 15.5 Å². The van der Waals surface area contributed by atoms with E-state index in [9.17, 15) is 23.2 Å². The van der Waals surface area contributed by atoms with Gasteiger partial charge in [0, 0.05) is 19.5 Å². The predicted molar refractivity (Wildman–Crippen MR) is 80.1 cm³/mol. The maximum Gasteiger partial charge on any atom is 0.408 e. The van der Waals surface area contributed by atoms with Gasteiger partial charge in [-0.25, -0.2) is 0 Å². The zero-order valence-electron chi connectivity index (χ0n) is 13.6. The molecule has 0 saturated carbocycles. The van der Waals surface area contributed by atoms with E-state index in [1.54, 1.807) is 13.8 Å². The zero-order chi connectivity index (χ0) is 18.1. The summed E-state index contributed by atoms with van der Waals surface area (Å²) in [4.78, 5) is 12.4. The molecule has 0 radical (unpaired) electrons. The Morgan fingerprint density at radius 3 is 2.54 bits per heavy atom. The lowest BCUT2D eigenvalue weighted by Gasteiger charge is -2.40. The van der Waals surface area contributed by atoms with Gasteiger partial charge in [0.15, 0.2) is 5.82 Å². The van der Waals surface area contributed by atoms with Crippen LogP contribution in [0.3, 0.4) is 0 Å². The minimum atomic E-state index is -4.45. The highest BCUT2D eigenvalue weighted by atomic mass is 19.4. The van der Waals surface area contributed by atoms with Crippen LogP contribution in [0.5, 0.6) is 0 Å². The average molecular weight is 341 g/mol.